The Kier molecular flexibility index (Phi) is 8.40. The summed E-state index contributed by atoms with van der Waals surface area (Å²) in [6.07, 6.45) is 1.27. The van der Waals surface area contributed by atoms with Crippen LogP contribution >= 0.6 is 0 Å². The van der Waals surface area contributed by atoms with Crippen molar-refractivity contribution in [2.45, 2.75) is 39.3 Å². The Hall–Kier alpha value is -0.120. The predicted molar refractivity (Wildman–Crippen MR) is 55.0 cm³/mol. The molecule has 0 aromatic rings. The van der Waals surface area contributed by atoms with Gasteiger partial charge in [-0.3, -0.25) is 0 Å². The van der Waals surface area contributed by atoms with Crippen LogP contribution in [0, 0.1) is 0 Å². The molecule has 0 aliphatic rings. The topological polar surface area (TPSA) is 30.5 Å². The second-order valence-electron chi connectivity index (χ2n) is 3.59. The van der Waals surface area contributed by atoms with E-state index < -0.39 is 0 Å². The van der Waals surface area contributed by atoms with Gasteiger partial charge in [-0.1, -0.05) is 13.8 Å². The Morgan fingerprint density at radius 1 is 1.15 bits per heavy atom. The Bertz CT molecular complexity index is 107. The lowest BCUT2D eigenvalue weighted by atomic mass is 10.3. The molecule has 0 heterocycles. The van der Waals surface area contributed by atoms with Crippen LogP contribution in [0.1, 0.15) is 27.2 Å². The van der Waals surface area contributed by atoms with Crippen molar-refractivity contribution in [3.05, 3.63) is 0 Å². The highest BCUT2D eigenvalue weighted by atomic mass is 16.5. The normalized spacial score (nSPS) is 13.6. The molecule has 0 saturated heterocycles. The molecular formula is C10H23NO2. The van der Waals surface area contributed by atoms with E-state index in [1.165, 1.54) is 0 Å². The SMILES string of the molecule is COCCCOC(C)CNC(C)C. The van der Waals surface area contributed by atoms with Gasteiger partial charge >= 0.3 is 0 Å². The summed E-state index contributed by atoms with van der Waals surface area (Å²) >= 11 is 0. The minimum absolute atomic E-state index is 0.291. The number of ether oxygens (including phenoxy) is 2. The van der Waals surface area contributed by atoms with E-state index in [4.69, 9.17) is 9.47 Å². The molecule has 0 aliphatic heterocycles. The van der Waals surface area contributed by atoms with Gasteiger partial charge in [-0.2, -0.15) is 0 Å². The smallest absolute Gasteiger partial charge is 0.0671 e. The van der Waals surface area contributed by atoms with Gasteiger partial charge in [-0.25, -0.2) is 0 Å². The van der Waals surface area contributed by atoms with Gasteiger partial charge in [0.25, 0.3) is 0 Å². The van der Waals surface area contributed by atoms with Crippen LogP contribution in [-0.2, 0) is 9.47 Å². The van der Waals surface area contributed by atoms with Crippen LogP contribution in [0.25, 0.3) is 0 Å². The molecule has 0 fully saturated rings. The van der Waals surface area contributed by atoms with Crippen LogP contribution in [0.2, 0.25) is 0 Å². The summed E-state index contributed by atoms with van der Waals surface area (Å²) in [5.74, 6) is 0. The largest absolute Gasteiger partial charge is 0.385 e. The van der Waals surface area contributed by atoms with Crippen molar-refractivity contribution in [2.24, 2.45) is 0 Å². The zero-order valence-corrected chi connectivity index (χ0v) is 9.30. The number of hydrogen-bond donors (Lipinski definition) is 1. The van der Waals surface area contributed by atoms with Crippen LogP contribution < -0.4 is 5.32 Å². The van der Waals surface area contributed by atoms with E-state index in [1.54, 1.807) is 7.11 Å². The van der Waals surface area contributed by atoms with Crippen molar-refractivity contribution in [3.8, 4) is 0 Å². The van der Waals surface area contributed by atoms with Crippen molar-refractivity contribution >= 4 is 0 Å². The molecular weight excluding hydrogens is 166 g/mol. The zero-order valence-electron chi connectivity index (χ0n) is 9.30. The molecule has 0 aliphatic carbocycles. The summed E-state index contributed by atoms with van der Waals surface area (Å²) in [4.78, 5) is 0. The first-order valence-electron chi connectivity index (χ1n) is 5.00. The molecule has 0 saturated carbocycles. The molecule has 1 unspecified atom stereocenters. The third-order valence-electron chi connectivity index (χ3n) is 1.71. The van der Waals surface area contributed by atoms with Crippen LogP contribution in [0.4, 0.5) is 0 Å². The fourth-order valence-electron chi connectivity index (χ4n) is 0.948. The molecule has 0 amide bonds. The van der Waals surface area contributed by atoms with Crippen LogP contribution in [0.5, 0.6) is 0 Å². The summed E-state index contributed by atoms with van der Waals surface area (Å²) in [7, 11) is 1.71. The fourth-order valence-corrected chi connectivity index (χ4v) is 0.948. The maximum absolute atomic E-state index is 5.55. The van der Waals surface area contributed by atoms with Gasteiger partial charge in [0.2, 0.25) is 0 Å². The van der Waals surface area contributed by atoms with E-state index >= 15 is 0 Å². The number of nitrogens with one attached hydrogen (secondary N) is 1. The first-order valence-corrected chi connectivity index (χ1v) is 5.00. The molecule has 0 aromatic heterocycles. The molecule has 0 spiro atoms. The standard InChI is InChI=1S/C10H23NO2/c1-9(2)11-8-10(3)13-7-5-6-12-4/h9-11H,5-8H2,1-4H3. The lowest BCUT2D eigenvalue weighted by molar-refractivity contribution is 0.0495. The highest BCUT2D eigenvalue weighted by molar-refractivity contribution is 4.58. The van der Waals surface area contributed by atoms with Gasteiger partial charge in [-0.05, 0) is 13.3 Å². The summed E-state index contributed by atoms with van der Waals surface area (Å²) in [5.41, 5.74) is 0. The molecule has 3 heteroatoms. The fraction of sp³-hybridized carbons (Fsp3) is 1.00. The maximum Gasteiger partial charge on any atom is 0.0671 e. The maximum atomic E-state index is 5.55. The molecule has 1 atom stereocenters. The number of rotatable bonds is 8. The molecule has 13 heavy (non-hydrogen) atoms. The Morgan fingerprint density at radius 3 is 2.38 bits per heavy atom. The third kappa shape index (κ3) is 9.80. The average Bonchev–Trinajstić information content (AvgIpc) is 2.09. The van der Waals surface area contributed by atoms with E-state index in [0.717, 1.165) is 26.2 Å². The minimum atomic E-state index is 0.291. The molecule has 1 N–H and O–H groups in total. The lowest BCUT2D eigenvalue weighted by Crippen LogP contribution is -2.32. The highest BCUT2D eigenvalue weighted by Crippen LogP contribution is 1.92. The first-order chi connectivity index (χ1) is 6.16. The van der Waals surface area contributed by atoms with Crippen molar-refractivity contribution < 1.29 is 9.47 Å². The zero-order chi connectivity index (χ0) is 10.1. The molecule has 80 valence electrons. The van der Waals surface area contributed by atoms with Crippen molar-refractivity contribution in [1.82, 2.24) is 5.32 Å². The molecule has 0 bridgehead atoms. The second-order valence-corrected chi connectivity index (χ2v) is 3.59. The Morgan fingerprint density at radius 2 is 1.85 bits per heavy atom. The van der Waals surface area contributed by atoms with Crippen molar-refractivity contribution in [2.75, 3.05) is 26.9 Å². The van der Waals surface area contributed by atoms with Gasteiger partial charge in [0.15, 0.2) is 0 Å². The summed E-state index contributed by atoms with van der Waals surface area (Å²) in [6.45, 7) is 8.85. The summed E-state index contributed by atoms with van der Waals surface area (Å²) < 4.78 is 10.5. The number of hydrogen-bond acceptors (Lipinski definition) is 3. The highest BCUT2D eigenvalue weighted by Gasteiger charge is 2.01. The van der Waals surface area contributed by atoms with Crippen LogP contribution in [0.3, 0.4) is 0 Å². The summed E-state index contributed by atoms with van der Waals surface area (Å²) in [5, 5.41) is 3.33. The quantitative estimate of drug-likeness (QED) is 0.586. The van der Waals surface area contributed by atoms with Gasteiger partial charge in [-0.15, -0.1) is 0 Å². The number of methoxy groups -OCH3 is 1. The van der Waals surface area contributed by atoms with E-state index in [1.807, 2.05) is 0 Å². The first kappa shape index (κ1) is 12.9. The molecule has 0 radical (unpaired) electrons. The van der Waals surface area contributed by atoms with Crippen molar-refractivity contribution in [1.29, 1.82) is 0 Å². The van der Waals surface area contributed by atoms with E-state index in [0.29, 0.717) is 12.1 Å². The van der Waals surface area contributed by atoms with E-state index in [9.17, 15) is 0 Å². The third-order valence-corrected chi connectivity index (χ3v) is 1.71. The van der Waals surface area contributed by atoms with Gasteiger partial charge < -0.3 is 14.8 Å². The van der Waals surface area contributed by atoms with E-state index in [2.05, 4.69) is 26.1 Å². The van der Waals surface area contributed by atoms with E-state index in [-0.39, 0.29) is 0 Å². The molecule has 3 nitrogen and oxygen atoms in total. The van der Waals surface area contributed by atoms with Gasteiger partial charge in [0.05, 0.1) is 6.10 Å². The predicted octanol–water partition coefficient (Wildman–Crippen LogP) is 1.43. The molecule has 0 rings (SSSR count). The van der Waals surface area contributed by atoms with Gasteiger partial charge in [0, 0.05) is 32.9 Å². The van der Waals surface area contributed by atoms with Crippen LogP contribution in [0.15, 0.2) is 0 Å². The molecule has 0 aromatic carbocycles. The Balaban J connectivity index is 3.15. The average molecular weight is 189 g/mol. The minimum Gasteiger partial charge on any atom is -0.385 e. The van der Waals surface area contributed by atoms with Crippen molar-refractivity contribution in [3.63, 3.8) is 0 Å². The summed E-state index contributed by atoms with van der Waals surface area (Å²) in [6, 6.07) is 0.532. The van der Waals surface area contributed by atoms with Gasteiger partial charge in [0.1, 0.15) is 0 Å². The monoisotopic (exact) mass is 189 g/mol. The lowest BCUT2D eigenvalue weighted by Gasteiger charge is -2.15. The Labute approximate surface area is 81.8 Å². The van der Waals surface area contributed by atoms with Crippen LogP contribution in [-0.4, -0.2) is 39.0 Å². The second kappa shape index (κ2) is 8.48.